The molecular formula is C7H16O2. The molecule has 0 atom stereocenters. The molecule has 0 spiro atoms. The van der Waals surface area contributed by atoms with Crippen LogP contribution in [0.1, 0.15) is 27.7 Å². The van der Waals surface area contributed by atoms with Gasteiger partial charge in [-0.1, -0.05) is 0 Å². The molecule has 2 nitrogen and oxygen atoms in total. The molecule has 0 aromatic heterocycles. The molecular weight excluding hydrogens is 116 g/mol. The topological polar surface area (TPSA) is 26.3 Å². The van der Waals surface area contributed by atoms with Crippen LogP contribution in [0.4, 0.5) is 0 Å². The van der Waals surface area contributed by atoms with Crippen LogP contribution in [-0.2, 0) is 9.53 Å². The highest BCUT2D eigenvalue weighted by atomic mass is 16.5. The van der Waals surface area contributed by atoms with Gasteiger partial charge in [-0.3, -0.25) is 0 Å². The van der Waals surface area contributed by atoms with Crippen molar-refractivity contribution in [3.8, 4) is 0 Å². The molecule has 0 bridgehead atoms. The molecule has 0 N–H and O–H groups in total. The minimum absolute atomic E-state index is 0.398. The molecule has 0 amide bonds. The first-order chi connectivity index (χ1) is 4.18. The molecule has 0 aliphatic heterocycles. The molecule has 2 heteroatoms. The van der Waals surface area contributed by atoms with E-state index in [0.29, 0.717) is 6.10 Å². The second-order valence-corrected chi connectivity index (χ2v) is 1.74. The Kier molecular flexibility index (Phi) is 13.4. The molecule has 0 aliphatic carbocycles. The first-order valence-electron chi connectivity index (χ1n) is 3.20. The van der Waals surface area contributed by atoms with E-state index in [4.69, 9.17) is 9.53 Å². The van der Waals surface area contributed by atoms with Crippen molar-refractivity contribution in [3.05, 3.63) is 0 Å². The molecule has 0 heterocycles. The first-order valence-corrected chi connectivity index (χ1v) is 3.20. The Labute approximate surface area is 57.2 Å². The maximum absolute atomic E-state index is 8.81. The van der Waals surface area contributed by atoms with Crippen molar-refractivity contribution in [2.75, 3.05) is 6.61 Å². The summed E-state index contributed by atoms with van der Waals surface area (Å²) in [7, 11) is 0. The summed E-state index contributed by atoms with van der Waals surface area (Å²) in [6, 6.07) is 0. The van der Waals surface area contributed by atoms with Crippen LogP contribution in [0.15, 0.2) is 0 Å². The van der Waals surface area contributed by atoms with Gasteiger partial charge in [-0.15, -0.1) is 0 Å². The van der Waals surface area contributed by atoms with E-state index in [1.54, 1.807) is 0 Å². The van der Waals surface area contributed by atoms with Crippen LogP contribution in [0.5, 0.6) is 0 Å². The third-order valence-electron chi connectivity index (χ3n) is 0.500. The van der Waals surface area contributed by atoms with E-state index >= 15 is 0 Å². The van der Waals surface area contributed by atoms with Crippen molar-refractivity contribution in [2.24, 2.45) is 0 Å². The maximum atomic E-state index is 8.81. The van der Waals surface area contributed by atoms with Crippen LogP contribution < -0.4 is 0 Å². The summed E-state index contributed by atoms with van der Waals surface area (Å²) >= 11 is 0. The van der Waals surface area contributed by atoms with E-state index in [2.05, 4.69) is 0 Å². The average molecular weight is 132 g/mol. The summed E-state index contributed by atoms with van der Waals surface area (Å²) < 4.78 is 5.04. The molecule has 9 heavy (non-hydrogen) atoms. The molecule has 0 saturated carbocycles. The zero-order valence-corrected chi connectivity index (χ0v) is 6.68. The van der Waals surface area contributed by atoms with Gasteiger partial charge in [0.25, 0.3) is 0 Å². The smallest absolute Gasteiger partial charge is 0.116 e. The average Bonchev–Trinajstić information content (AvgIpc) is 1.67. The van der Waals surface area contributed by atoms with Crippen molar-refractivity contribution in [2.45, 2.75) is 33.8 Å². The third-order valence-corrected chi connectivity index (χ3v) is 0.500. The Balaban J connectivity index is 0. The van der Waals surface area contributed by atoms with Gasteiger partial charge in [-0.25, -0.2) is 0 Å². The van der Waals surface area contributed by atoms with Crippen LogP contribution in [0.2, 0.25) is 0 Å². The number of ether oxygens (including phenoxy) is 1. The minimum atomic E-state index is 0.398. The van der Waals surface area contributed by atoms with Crippen molar-refractivity contribution < 1.29 is 9.53 Å². The molecule has 0 saturated heterocycles. The van der Waals surface area contributed by atoms with Crippen molar-refractivity contribution in [1.82, 2.24) is 0 Å². The highest BCUT2D eigenvalue weighted by Crippen LogP contribution is 1.83. The summed E-state index contributed by atoms with van der Waals surface area (Å²) in [5.41, 5.74) is 0. The summed E-state index contributed by atoms with van der Waals surface area (Å²) in [5, 5.41) is 0. The molecule has 0 aromatic rings. The molecule has 0 unspecified atom stereocenters. The van der Waals surface area contributed by atoms with Gasteiger partial charge in [-0.05, 0) is 27.7 Å². The normalized spacial score (nSPS) is 8.11. The van der Waals surface area contributed by atoms with E-state index < -0.39 is 0 Å². The SMILES string of the molecule is CC=O.CCOC(C)C. The van der Waals surface area contributed by atoms with E-state index in [-0.39, 0.29) is 0 Å². The fourth-order valence-electron chi connectivity index (χ4n) is 0.333. The molecule has 0 rings (SSSR count). The lowest BCUT2D eigenvalue weighted by molar-refractivity contribution is -0.106. The zero-order chi connectivity index (χ0) is 7.70. The largest absolute Gasteiger partial charge is 0.379 e. The van der Waals surface area contributed by atoms with Gasteiger partial charge in [0.1, 0.15) is 6.29 Å². The monoisotopic (exact) mass is 132 g/mol. The predicted octanol–water partition coefficient (Wildman–Crippen LogP) is 1.64. The number of rotatable bonds is 2. The Morgan fingerprint density at radius 1 is 1.56 bits per heavy atom. The van der Waals surface area contributed by atoms with Gasteiger partial charge in [0, 0.05) is 6.61 Å². The lowest BCUT2D eigenvalue weighted by atomic mass is 10.5. The second-order valence-electron chi connectivity index (χ2n) is 1.74. The number of carbonyl (C=O) groups is 1. The van der Waals surface area contributed by atoms with E-state index in [0.717, 1.165) is 12.9 Å². The number of hydrogen-bond acceptors (Lipinski definition) is 2. The zero-order valence-electron chi connectivity index (χ0n) is 6.68. The first kappa shape index (κ1) is 11.4. The predicted molar refractivity (Wildman–Crippen MR) is 38.5 cm³/mol. The van der Waals surface area contributed by atoms with Crippen molar-refractivity contribution in [1.29, 1.82) is 0 Å². The summed E-state index contributed by atoms with van der Waals surface area (Å²) in [6.07, 6.45) is 1.15. The highest BCUT2D eigenvalue weighted by molar-refractivity contribution is 5.44. The Hall–Kier alpha value is -0.370. The number of carbonyl (C=O) groups excluding carboxylic acids is 1. The Morgan fingerprint density at radius 2 is 1.89 bits per heavy atom. The molecule has 56 valence electrons. The lowest BCUT2D eigenvalue weighted by Gasteiger charge is -2.00. The van der Waals surface area contributed by atoms with Gasteiger partial charge >= 0.3 is 0 Å². The van der Waals surface area contributed by atoms with Crippen LogP contribution in [0.3, 0.4) is 0 Å². The van der Waals surface area contributed by atoms with Gasteiger partial charge in [0.15, 0.2) is 0 Å². The lowest BCUT2D eigenvalue weighted by Crippen LogP contribution is -1.99. The van der Waals surface area contributed by atoms with Gasteiger partial charge in [0.2, 0.25) is 0 Å². The van der Waals surface area contributed by atoms with Gasteiger partial charge in [-0.2, -0.15) is 0 Å². The summed E-state index contributed by atoms with van der Waals surface area (Å²) in [6.45, 7) is 8.34. The summed E-state index contributed by atoms with van der Waals surface area (Å²) in [5.74, 6) is 0. The quantitative estimate of drug-likeness (QED) is 0.534. The Morgan fingerprint density at radius 3 is 1.89 bits per heavy atom. The standard InChI is InChI=1S/C5H12O.C2H4O/c1-4-6-5(2)3;1-2-3/h5H,4H2,1-3H3;2H,1H3. The fraction of sp³-hybridized carbons (Fsp3) is 0.857. The van der Waals surface area contributed by atoms with E-state index in [1.165, 1.54) is 6.92 Å². The molecule has 0 aliphatic rings. The second kappa shape index (κ2) is 10.6. The van der Waals surface area contributed by atoms with Crippen LogP contribution >= 0.6 is 0 Å². The molecule has 0 aromatic carbocycles. The number of hydrogen-bond donors (Lipinski definition) is 0. The van der Waals surface area contributed by atoms with E-state index in [9.17, 15) is 0 Å². The molecule has 0 radical (unpaired) electrons. The van der Waals surface area contributed by atoms with Crippen LogP contribution in [0.25, 0.3) is 0 Å². The van der Waals surface area contributed by atoms with Crippen molar-refractivity contribution in [3.63, 3.8) is 0 Å². The highest BCUT2D eigenvalue weighted by Gasteiger charge is 1.83. The minimum Gasteiger partial charge on any atom is -0.379 e. The van der Waals surface area contributed by atoms with Crippen LogP contribution in [-0.4, -0.2) is 19.0 Å². The fourth-order valence-corrected chi connectivity index (χ4v) is 0.333. The summed E-state index contributed by atoms with van der Waals surface area (Å²) in [4.78, 5) is 8.81. The van der Waals surface area contributed by atoms with Crippen molar-refractivity contribution >= 4 is 6.29 Å². The number of aldehydes is 1. The Bertz CT molecular complexity index is 50.9. The van der Waals surface area contributed by atoms with Gasteiger partial charge < -0.3 is 9.53 Å². The third kappa shape index (κ3) is 35.0. The van der Waals surface area contributed by atoms with E-state index in [1.807, 2.05) is 20.8 Å². The maximum Gasteiger partial charge on any atom is 0.116 e. The van der Waals surface area contributed by atoms with Gasteiger partial charge in [0.05, 0.1) is 6.10 Å². The molecule has 0 fully saturated rings. The van der Waals surface area contributed by atoms with Crippen LogP contribution in [0, 0.1) is 0 Å².